The number of hydrogen-bond acceptors (Lipinski definition) is 16. The van der Waals surface area contributed by atoms with Gasteiger partial charge in [-0.1, -0.05) is 163 Å². The fourth-order valence-electron chi connectivity index (χ4n) is 11.0. The first-order valence-corrected chi connectivity index (χ1v) is 40.9. The van der Waals surface area contributed by atoms with E-state index in [0.717, 1.165) is 112 Å². The molecule has 2 radical (unpaired) electrons. The molecule has 17 aromatic rings. The molecule has 14 heterocycles. The number of carboxylic acid groups (broad SMARTS) is 2. The Balaban J connectivity index is 0.000000161. The molecule has 13 aromatic heterocycles. The van der Waals surface area contributed by atoms with E-state index in [4.69, 9.17) is 15.2 Å². The van der Waals surface area contributed by atoms with Gasteiger partial charge in [-0.25, -0.2) is 19.6 Å². The molecule has 0 spiro atoms. The fourth-order valence-corrected chi connectivity index (χ4v) is 11.0. The molecule has 0 bridgehead atoms. The van der Waals surface area contributed by atoms with Gasteiger partial charge < -0.3 is 30.5 Å². The first kappa shape index (κ1) is 89.2. The maximum absolute atomic E-state index is 10.3. The van der Waals surface area contributed by atoms with Crippen LogP contribution in [0.4, 0.5) is 11.6 Å². The van der Waals surface area contributed by atoms with Crippen LogP contribution >= 0.6 is 18.8 Å². The van der Waals surface area contributed by atoms with Gasteiger partial charge in [-0.2, -0.15) is 0 Å². The van der Waals surface area contributed by atoms with Gasteiger partial charge in [0.05, 0.1) is 57.2 Å². The van der Waals surface area contributed by atoms with Gasteiger partial charge in [0, 0.05) is 119 Å². The van der Waals surface area contributed by atoms with Crippen LogP contribution in [0.2, 0.25) is 0 Å². The van der Waals surface area contributed by atoms with Crippen LogP contribution in [0.15, 0.2) is 375 Å². The maximum atomic E-state index is 10.3. The van der Waals surface area contributed by atoms with E-state index in [-0.39, 0.29) is 51.9 Å². The Hall–Kier alpha value is -12.7. The monoisotopic (exact) mass is 2300 g/mol. The number of amidine groups is 2. The molecule has 118 heavy (non-hydrogen) atoms. The van der Waals surface area contributed by atoms with Crippen LogP contribution in [-0.2, 0) is 78.1 Å². The first-order chi connectivity index (χ1) is 57.2. The summed E-state index contributed by atoms with van der Waals surface area (Å²) in [5.41, 5.74) is 14.1. The summed E-state index contributed by atoms with van der Waals surface area (Å²) in [5, 5.41) is 25.6. The molecule has 18 rings (SSSR count). The van der Waals surface area contributed by atoms with Gasteiger partial charge in [0.2, 0.25) is 0 Å². The van der Waals surface area contributed by atoms with Gasteiger partial charge in [0.15, 0.2) is 0 Å². The van der Waals surface area contributed by atoms with Crippen LogP contribution in [-0.4, -0.2) is 93.6 Å². The van der Waals surface area contributed by atoms with Crippen molar-refractivity contribution in [2.45, 2.75) is 0 Å². The zero-order valence-corrected chi connectivity index (χ0v) is 72.9. The van der Waals surface area contributed by atoms with Crippen molar-refractivity contribution in [1.82, 2.24) is 64.8 Å². The molecule has 588 valence electrons. The fraction of sp³-hybridized carbons (Fsp3) is 0. The second kappa shape index (κ2) is 48.6. The third-order valence-electron chi connectivity index (χ3n) is 16.2. The molecule has 20 nitrogen and oxygen atoms in total. The summed E-state index contributed by atoms with van der Waals surface area (Å²) in [7, 11) is 9.22. The van der Waals surface area contributed by atoms with Gasteiger partial charge in [0.1, 0.15) is 11.4 Å². The molecule has 26 heteroatoms. The van der Waals surface area contributed by atoms with Gasteiger partial charge in [-0.15, -0.1) is 70.9 Å². The zero-order valence-electron chi connectivity index (χ0n) is 61.8. The molecule has 2 N–H and O–H groups in total. The molecule has 4 aromatic carbocycles. The van der Waals surface area contributed by atoms with Crippen LogP contribution in [0, 0.1) is 12.1 Å². The van der Waals surface area contributed by atoms with Crippen molar-refractivity contribution in [3.63, 3.8) is 0 Å². The summed E-state index contributed by atoms with van der Waals surface area (Å²) in [6.45, 7) is 0. The van der Waals surface area contributed by atoms with Crippen LogP contribution in [0.1, 0.15) is 43.5 Å². The van der Waals surface area contributed by atoms with Crippen LogP contribution in [0.3, 0.4) is 0 Å². The summed E-state index contributed by atoms with van der Waals surface area (Å²) in [6.07, 6.45) is 19.9. The molecule has 0 fully saturated rings. The minimum absolute atomic E-state index is 0. The number of aromatic nitrogens is 13. The van der Waals surface area contributed by atoms with Crippen molar-refractivity contribution in [1.29, 1.82) is 0 Å². The minimum Gasteiger partial charge on any atom is -0.357 e. The van der Waals surface area contributed by atoms with E-state index in [1.165, 1.54) is 18.2 Å². The van der Waals surface area contributed by atoms with Crippen LogP contribution in [0.5, 0.6) is 0 Å². The normalized spacial score (nSPS) is 11.4. The van der Waals surface area contributed by atoms with Crippen molar-refractivity contribution in [2.24, 2.45) is 9.98 Å². The Morgan fingerprint density at radius 1 is 0.331 bits per heavy atom. The number of aromatic carboxylic acids is 2. The SMILES string of the molecule is C(c1ccccn1)=c1[n-]c(=Cc2ccccn2)c2ccccc12.O=C(O)c1cccc(C(=O)O)n1.[Cl][Pt+].[Cl][Pt+].[Ir].[Re].[c-]1c(-c2ccccn2)cccc1-c1ccccn1.[c-]1ccccc1-c1cccc(-c2ccccn2)n1.c1ccc(-c2cccc(-c3ccccn3)n2)nc1.c1ccc(N=C2[N-]C(=Nc3ccccn3)c3ccccc32)nc1. The summed E-state index contributed by atoms with van der Waals surface area (Å²) >= 11 is 3.22. The Bertz CT molecular complexity index is 5500. The van der Waals surface area contributed by atoms with Gasteiger partial charge in [-0.05, 0) is 155 Å². The summed E-state index contributed by atoms with van der Waals surface area (Å²) < 4.78 is 0. The van der Waals surface area contributed by atoms with Gasteiger partial charge in [-0.3, -0.25) is 49.8 Å². The first-order valence-electron chi connectivity index (χ1n) is 35.3. The molecule has 0 unspecified atom stereocenters. The number of rotatable bonds is 12. The Labute approximate surface area is 738 Å². The maximum Gasteiger partial charge on any atom is 0.0894 e. The largest absolute Gasteiger partial charge is 0.357 e. The third kappa shape index (κ3) is 26.7. The van der Waals surface area contributed by atoms with Gasteiger partial charge >= 0.3 is 68.3 Å². The average molecular weight is 2300 g/mol. The standard InChI is InChI=1S/C20H14N3.C18H12N5.2C16H11N2.C15H11N3.C7H5NO4.2ClH.Ir.2Pt.Re/c1-2-10-18-17(9-1)19(13-15-7-3-5-11-21-15)23-20(18)14-16-8-4-6-12-22-16;1-2-8-14-13(7-1)17(21-15-9-3-5-11-19-15)23-18(14)22-16-10-4-6-12-20-16;1-3-10-17-15(8-1)13-6-5-7-14(12-13)16-9-2-4-11-18-16;1-2-7-13(8-3-1)14-10-6-11-16(18-14)15-9-4-5-12-17-15;1-3-10-16-12(6-1)14-8-5-9-15(18-14)13-7-2-4-11-17-13;9-6(10)4-2-1-3-5(8-4)7(11)12;;;;;;/h1-14H;1-12H;1-11H;1-7,9-12H;1-11H;1-3H,(H,9,10)(H,11,12);2*1H;;;;/q4*-1;;;;;;2*+2;/p-2. The summed E-state index contributed by atoms with van der Waals surface area (Å²) in [5.74, 6) is 0.0134. The molecular formula is C92H64Cl2IrN16O4Pt2Re-2. The molecule has 1 aliphatic heterocycles. The number of carboxylic acids is 2. The number of carbonyl (C=O) groups is 2. The second-order valence-corrected chi connectivity index (χ2v) is 23.8. The van der Waals surface area contributed by atoms with E-state index in [9.17, 15) is 9.59 Å². The Kier molecular flexibility index (Phi) is 36.8. The zero-order chi connectivity index (χ0) is 80.7. The molecular weight excluding hydrogens is 2230 g/mol. The third-order valence-corrected chi connectivity index (χ3v) is 16.2. The number of hydrogen-bond donors (Lipinski definition) is 2. The van der Waals surface area contributed by atoms with E-state index in [2.05, 4.69) is 118 Å². The summed E-state index contributed by atoms with van der Waals surface area (Å²) in [4.78, 5) is 85.8. The van der Waals surface area contributed by atoms with E-state index < -0.39 is 11.9 Å². The molecule has 0 saturated heterocycles. The Morgan fingerprint density at radius 2 is 0.653 bits per heavy atom. The van der Waals surface area contributed by atoms with E-state index >= 15 is 0 Å². The second-order valence-electron chi connectivity index (χ2n) is 23.8. The number of pyridine rings is 12. The van der Waals surface area contributed by atoms with Crippen molar-refractivity contribution < 1.29 is 97.9 Å². The molecule has 0 aliphatic carbocycles. The van der Waals surface area contributed by atoms with E-state index in [1.807, 2.05) is 291 Å². The van der Waals surface area contributed by atoms with Crippen molar-refractivity contribution in [3.05, 3.63) is 427 Å². The van der Waals surface area contributed by atoms with Crippen LogP contribution < -0.4 is 15.7 Å². The number of fused-ring (bicyclic) bond motifs is 2. The van der Waals surface area contributed by atoms with Gasteiger partial charge in [0.25, 0.3) is 0 Å². The van der Waals surface area contributed by atoms with Crippen molar-refractivity contribution in [2.75, 3.05) is 0 Å². The Morgan fingerprint density at radius 3 is 1.02 bits per heavy atom. The molecule has 1 aliphatic rings. The molecule has 0 amide bonds. The number of nitrogens with zero attached hydrogens (tertiary/aromatic N) is 16. The van der Waals surface area contributed by atoms with Crippen molar-refractivity contribution >= 4 is 77.0 Å². The topological polar surface area (TPSA) is 282 Å². The van der Waals surface area contributed by atoms with E-state index in [0.29, 0.717) is 23.3 Å². The predicted octanol–water partition coefficient (Wildman–Crippen LogP) is 18.5. The number of benzene rings is 4. The van der Waals surface area contributed by atoms with Crippen molar-refractivity contribution in [3.8, 4) is 67.9 Å². The quantitative estimate of drug-likeness (QED) is 0.107. The smallest absolute Gasteiger partial charge is 0.0894 e. The predicted molar refractivity (Wildman–Crippen MR) is 447 cm³/mol. The average Bonchev–Trinajstić information content (AvgIpc) is 1.65. The van der Waals surface area contributed by atoms with Crippen LogP contribution in [0.25, 0.3) is 96.2 Å². The molecule has 0 atom stereocenters. The summed E-state index contributed by atoms with van der Waals surface area (Å²) in [6, 6.07) is 104. The number of halogens is 2. The number of aliphatic imine (C=N–C) groups is 2. The molecule has 0 saturated carbocycles. The van der Waals surface area contributed by atoms with E-state index in [1.54, 1.807) is 93.3 Å². The minimum atomic E-state index is -1.24.